The largest absolute Gasteiger partial charge is 1.00 e. The number of H-pyrrole nitrogens is 1. The van der Waals surface area contributed by atoms with Gasteiger partial charge in [-0.1, -0.05) is 0 Å². The van der Waals surface area contributed by atoms with Gasteiger partial charge in [-0.05, 0) is 14.5 Å². The monoisotopic (exact) mass is 384 g/mol. The van der Waals surface area contributed by atoms with Crippen molar-refractivity contribution in [3.8, 4) is 0 Å². The minimum atomic E-state index is -4.95. The third-order valence-corrected chi connectivity index (χ3v) is 3.53. The van der Waals surface area contributed by atoms with E-state index in [4.69, 9.17) is 9.47 Å². The minimum Gasteiger partial charge on any atom is -0.809 e. The van der Waals surface area contributed by atoms with E-state index in [1.54, 1.807) is 4.98 Å². The molecule has 14 heteroatoms. The van der Waals surface area contributed by atoms with Crippen LogP contribution < -0.4 is 80.2 Å². The second-order valence-corrected chi connectivity index (χ2v) is 6.22. The summed E-state index contributed by atoms with van der Waals surface area (Å²) in [6.07, 6.45) is -5.67. The predicted molar refractivity (Wildman–Crippen MR) is 64.2 cm³/mol. The van der Waals surface area contributed by atoms with Gasteiger partial charge in [0.15, 0.2) is 6.23 Å². The maximum absolute atomic E-state index is 13.2. The average molecular weight is 384 g/mol. The van der Waals surface area contributed by atoms with E-state index < -0.39 is 55.5 Å². The van der Waals surface area contributed by atoms with E-state index in [1.165, 1.54) is 6.92 Å². The number of rotatable bonds is 4. The fourth-order valence-corrected chi connectivity index (χ4v) is 2.46. The van der Waals surface area contributed by atoms with Crippen molar-refractivity contribution in [2.24, 2.45) is 0 Å². The van der Waals surface area contributed by atoms with Gasteiger partial charge in [-0.2, -0.15) is 4.39 Å². The fourth-order valence-electron chi connectivity index (χ4n) is 2.11. The molecular weight excluding hydrogens is 372 g/mol. The maximum atomic E-state index is 13.2. The van der Waals surface area contributed by atoms with Crippen molar-refractivity contribution < 1.29 is 92.4 Å². The van der Waals surface area contributed by atoms with Crippen LogP contribution >= 0.6 is 7.60 Å². The van der Waals surface area contributed by atoms with Crippen LogP contribution in [0, 0.1) is 5.82 Å². The molecule has 0 aromatic carbocycles. The Morgan fingerprint density at radius 2 is 2.04 bits per heavy atom. The first-order valence-electron chi connectivity index (χ1n) is 6.07. The number of ether oxygens (including phenoxy) is 2. The minimum absolute atomic E-state index is 0. The molecular formula is C10H12FN2Na2O8P. The van der Waals surface area contributed by atoms with Crippen molar-refractivity contribution in [3.63, 3.8) is 0 Å². The van der Waals surface area contributed by atoms with Crippen LogP contribution in [0.15, 0.2) is 15.8 Å². The van der Waals surface area contributed by atoms with E-state index in [0.717, 1.165) is 0 Å². The predicted octanol–water partition coefficient (Wildman–Crippen LogP) is -8.78. The van der Waals surface area contributed by atoms with Gasteiger partial charge in [0.1, 0.15) is 12.2 Å². The van der Waals surface area contributed by atoms with Crippen LogP contribution in [0.25, 0.3) is 0 Å². The summed E-state index contributed by atoms with van der Waals surface area (Å²) in [6.45, 7) is 1.40. The molecule has 2 heterocycles. The van der Waals surface area contributed by atoms with Crippen molar-refractivity contribution in [2.75, 3.05) is 6.35 Å². The first-order valence-corrected chi connectivity index (χ1v) is 7.80. The van der Waals surface area contributed by atoms with E-state index >= 15 is 0 Å². The quantitative estimate of drug-likeness (QED) is 0.383. The standard InChI is InChI=1S/C10H14FN2O8P.2Na/c1-4-7(20-3-22(17,18)19)6(14)9(21-4)13-2-5(11)8(15)12-10(13)16;;/h2,4,6-7,9,14H,3H2,1H3,(H,12,15,16)(H2,17,18,19);;/q;2*+1/p-2/t4-,6-,7+,9-;;/m1../s1. The number of halogens is 1. The summed E-state index contributed by atoms with van der Waals surface area (Å²) in [5, 5.41) is 10.0. The number of hydrogen-bond donors (Lipinski definition) is 2. The van der Waals surface area contributed by atoms with Crippen molar-refractivity contribution >= 4 is 7.60 Å². The number of hydrogen-bond acceptors (Lipinski definition) is 8. The van der Waals surface area contributed by atoms with E-state index in [-0.39, 0.29) is 59.1 Å². The second-order valence-electron chi connectivity index (χ2n) is 4.74. The SMILES string of the molecule is C[C@H]1O[C@@H](n2cc(F)c(=O)[nH]c2=O)[C@H](O)[C@H]1OCP(=O)([O-])[O-].[Na+].[Na+]. The van der Waals surface area contributed by atoms with Crippen molar-refractivity contribution in [1.29, 1.82) is 0 Å². The molecule has 0 bridgehead atoms. The number of aromatic amines is 1. The van der Waals surface area contributed by atoms with Gasteiger partial charge < -0.3 is 28.9 Å². The Morgan fingerprint density at radius 1 is 1.46 bits per heavy atom. The number of aliphatic hydroxyl groups excluding tert-OH is 1. The molecule has 2 N–H and O–H groups in total. The van der Waals surface area contributed by atoms with Crippen LogP contribution in [0.5, 0.6) is 0 Å². The molecule has 1 aromatic rings. The van der Waals surface area contributed by atoms with Gasteiger partial charge in [0.05, 0.1) is 18.6 Å². The molecule has 24 heavy (non-hydrogen) atoms. The summed E-state index contributed by atoms with van der Waals surface area (Å²) in [6, 6.07) is 0. The average Bonchev–Trinajstić information content (AvgIpc) is 2.66. The molecule has 0 radical (unpaired) electrons. The Balaban J connectivity index is 0.00000264. The molecule has 1 fully saturated rings. The topological polar surface area (TPSA) is 157 Å². The van der Waals surface area contributed by atoms with Gasteiger partial charge in [0, 0.05) is 0 Å². The molecule has 10 nitrogen and oxygen atoms in total. The number of aromatic nitrogens is 2. The molecule has 4 atom stereocenters. The van der Waals surface area contributed by atoms with E-state index in [0.29, 0.717) is 10.8 Å². The Bertz CT molecular complexity index is 722. The summed E-state index contributed by atoms with van der Waals surface area (Å²) >= 11 is 0. The summed E-state index contributed by atoms with van der Waals surface area (Å²) in [4.78, 5) is 45.4. The van der Waals surface area contributed by atoms with Crippen LogP contribution in [0.2, 0.25) is 0 Å². The molecule has 0 aliphatic carbocycles. The van der Waals surface area contributed by atoms with Gasteiger partial charge in [-0.15, -0.1) is 0 Å². The Labute approximate surface area is 179 Å². The first-order chi connectivity index (χ1) is 10.1. The number of aliphatic hydroxyl groups is 1. The van der Waals surface area contributed by atoms with Crippen molar-refractivity contribution in [2.45, 2.75) is 31.5 Å². The molecule has 2 rings (SSSR count). The summed E-state index contributed by atoms with van der Waals surface area (Å²) in [5.41, 5.74) is -2.25. The summed E-state index contributed by atoms with van der Waals surface area (Å²) < 4.78 is 34.4. The van der Waals surface area contributed by atoms with Crippen LogP contribution in [0.4, 0.5) is 4.39 Å². The number of nitrogens with one attached hydrogen (secondary N) is 1. The molecule has 0 unspecified atom stereocenters. The Morgan fingerprint density at radius 3 is 2.58 bits per heavy atom. The van der Waals surface area contributed by atoms with Crippen LogP contribution in [-0.2, 0) is 14.0 Å². The third-order valence-electron chi connectivity index (χ3n) is 3.07. The van der Waals surface area contributed by atoms with Gasteiger partial charge >= 0.3 is 64.8 Å². The molecule has 0 spiro atoms. The van der Waals surface area contributed by atoms with E-state index in [2.05, 4.69) is 0 Å². The Hall–Kier alpha value is 0.640. The molecule has 0 saturated carbocycles. The zero-order chi connectivity index (χ0) is 16.7. The molecule has 124 valence electrons. The van der Waals surface area contributed by atoms with Gasteiger partial charge in [0.25, 0.3) is 5.56 Å². The van der Waals surface area contributed by atoms with Crippen LogP contribution in [-0.4, -0.2) is 39.3 Å². The normalized spacial score (nSPS) is 26.5. The first kappa shape index (κ1) is 24.6. The zero-order valence-corrected chi connectivity index (χ0v) is 18.1. The smallest absolute Gasteiger partial charge is 0.809 e. The second kappa shape index (κ2) is 9.54. The molecule has 1 saturated heterocycles. The molecule has 0 amide bonds. The number of nitrogens with zero attached hydrogens (tertiary/aromatic N) is 1. The van der Waals surface area contributed by atoms with Crippen LogP contribution in [0.1, 0.15) is 13.2 Å². The van der Waals surface area contributed by atoms with E-state index in [1.807, 2.05) is 0 Å². The zero-order valence-electron chi connectivity index (χ0n) is 13.2. The summed E-state index contributed by atoms with van der Waals surface area (Å²) in [5.74, 6) is -1.27. The third kappa shape index (κ3) is 5.83. The van der Waals surface area contributed by atoms with Crippen molar-refractivity contribution in [3.05, 3.63) is 32.9 Å². The van der Waals surface area contributed by atoms with Gasteiger partial charge in [-0.25, -0.2) is 4.79 Å². The van der Waals surface area contributed by atoms with E-state index in [9.17, 15) is 33.4 Å². The fraction of sp³-hybridized carbons (Fsp3) is 0.600. The molecule has 1 aromatic heterocycles. The van der Waals surface area contributed by atoms with Crippen molar-refractivity contribution in [1.82, 2.24) is 9.55 Å². The van der Waals surface area contributed by atoms with Crippen LogP contribution in [0.3, 0.4) is 0 Å². The Kier molecular flexibility index (Phi) is 9.79. The maximum Gasteiger partial charge on any atom is 1.00 e. The molecule has 1 aliphatic rings. The molecule has 1 aliphatic heterocycles. The van der Waals surface area contributed by atoms with Gasteiger partial charge in [0.2, 0.25) is 5.82 Å². The summed E-state index contributed by atoms with van der Waals surface area (Å²) in [7, 11) is -4.95. The van der Waals surface area contributed by atoms with Gasteiger partial charge in [-0.3, -0.25) is 14.3 Å².